The van der Waals surface area contributed by atoms with Crippen LogP contribution in [0.4, 0.5) is 5.69 Å². The average molecular weight is 541 g/mol. The van der Waals surface area contributed by atoms with E-state index in [1.807, 2.05) is 72.8 Å². The molecule has 1 aromatic heterocycles. The van der Waals surface area contributed by atoms with E-state index in [0.717, 1.165) is 27.2 Å². The van der Waals surface area contributed by atoms with Gasteiger partial charge in [0.25, 0.3) is 0 Å². The summed E-state index contributed by atoms with van der Waals surface area (Å²) in [5, 5.41) is 4.54. The SMILES string of the molecule is COc1cc(C=CC(=O)Nc2ccc(-c3nc4ccc(C)cc4s3)cc2)ccc1OCc1ccc(Cl)cc1. The van der Waals surface area contributed by atoms with Gasteiger partial charge in [0.2, 0.25) is 5.91 Å². The van der Waals surface area contributed by atoms with E-state index in [9.17, 15) is 4.79 Å². The molecule has 1 N–H and O–H groups in total. The van der Waals surface area contributed by atoms with Crippen LogP contribution in [0.25, 0.3) is 26.9 Å². The van der Waals surface area contributed by atoms with Crippen molar-refractivity contribution in [1.29, 1.82) is 0 Å². The number of benzene rings is 4. The first-order valence-corrected chi connectivity index (χ1v) is 13.2. The van der Waals surface area contributed by atoms with Gasteiger partial charge in [0.1, 0.15) is 11.6 Å². The number of methoxy groups -OCH3 is 1. The number of thiazole rings is 1. The van der Waals surface area contributed by atoms with E-state index < -0.39 is 0 Å². The van der Waals surface area contributed by atoms with E-state index in [0.29, 0.717) is 28.8 Å². The molecule has 0 aliphatic heterocycles. The molecule has 0 bridgehead atoms. The number of anilines is 1. The average Bonchev–Trinajstić information content (AvgIpc) is 3.35. The van der Waals surface area contributed by atoms with Crippen molar-refractivity contribution >= 4 is 50.8 Å². The maximum atomic E-state index is 12.5. The van der Waals surface area contributed by atoms with Crippen molar-refractivity contribution in [2.45, 2.75) is 13.5 Å². The summed E-state index contributed by atoms with van der Waals surface area (Å²) in [5.74, 6) is 0.977. The molecule has 7 heteroatoms. The molecule has 0 saturated carbocycles. The van der Waals surface area contributed by atoms with Gasteiger partial charge in [0, 0.05) is 22.3 Å². The molecule has 0 atom stereocenters. The number of halogens is 1. The fourth-order valence-electron chi connectivity index (χ4n) is 3.86. The number of rotatable bonds is 8. The van der Waals surface area contributed by atoms with Crippen molar-refractivity contribution in [1.82, 2.24) is 4.98 Å². The Labute approximate surface area is 230 Å². The van der Waals surface area contributed by atoms with Crippen LogP contribution in [0.3, 0.4) is 0 Å². The molecule has 0 unspecified atom stereocenters. The first-order valence-electron chi connectivity index (χ1n) is 12.0. The lowest BCUT2D eigenvalue weighted by Gasteiger charge is -2.11. The Morgan fingerprint density at radius 1 is 0.974 bits per heavy atom. The summed E-state index contributed by atoms with van der Waals surface area (Å²) >= 11 is 7.60. The van der Waals surface area contributed by atoms with Crippen molar-refractivity contribution in [3.8, 4) is 22.1 Å². The molecule has 0 saturated heterocycles. The fraction of sp³-hybridized carbons (Fsp3) is 0.0968. The number of fused-ring (bicyclic) bond motifs is 1. The molecular weight excluding hydrogens is 516 g/mol. The summed E-state index contributed by atoms with van der Waals surface area (Å²) in [6.45, 7) is 2.47. The van der Waals surface area contributed by atoms with E-state index in [4.69, 9.17) is 26.1 Å². The number of nitrogens with zero attached hydrogens (tertiary/aromatic N) is 1. The molecule has 5 aromatic rings. The Kier molecular flexibility index (Phi) is 7.73. The van der Waals surface area contributed by atoms with Gasteiger partial charge in [-0.15, -0.1) is 11.3 Å². The summed E-state index contributed by atoms with van der Waals surface area (Å²) in [4.78, 5) is 17.2. The van der Waals surface area contributed by atoms with Crippen LogP contribution >= 0.6 is 22.9 Å². The van der Waals surface area contributed by atoms with Crippen molar-refractivity contribution < 1.29 is 14.3 Å². The summed E-state index contributed by atoms with van der Waals surface area (Å²) in [5.41, 5.74) is 5.76. The predicted molar refractivity (Wildman–Crippen MR) is 156 cm³/mol. The second kappa shape index (κ2) is 11.5. The van der Waals surface area contributed by atoms with Gasteiger partial charge >= 0.3 is 0 Å². The molecule has 0 aliphatic rings. The van der Waals surface area contributed by atoms with Crippen LogP contribution in [0.15, 0.2) is 91.0 Å². The number of carbonyl (C=O) groups is 1. The molecule has 0 aliphatic carbocycles. The van der Waals surface area contributed by atoms with Gasteiger partial charge in [-0.25, -0.2) is 4.98 Å². The number of hydrogen-bond acceptors (Lipinski definition) is 5. The Morgan fingerprint density at radius 3 is 2.53 bits per heavy atom. The lowest BCUT2D eigenvalue weighted by molar-refractivity contribution is -0.111. The van der Waals surface area contributed by atoms with Crippen molar-refractivity contribution in [2.24, 2.45) is 0 Å². The highest BCUT2D eigenvalue weighted by Gasteiger charge is 2.08. The van der Waals surface area contributed by atoms with Gasteiger partial charge in [-0.1, -0.05) is 35.9 Å². The molecule has 4 aromatic carbocycles. The molecule has 0 fully saturated rings. The Hall–Kier alpha value is -4.13. The summed E-state index contributed by atoms with van der Waals surface area (Å²) in [6, 6.07) is 27.0. The van der Waals surface area contributed by atoms with Crippen LogP contribution in [0.2, 0.25) is 5.02 Å². The van der Waals surface area contributed by atoms with Gasteiger partial charge in [0.05, 0.1) is 17.3 Å². The lowest BCUT2D eigenvalue weighted by Crippen LogP contribution is -2.07. The van der Waals surface area contributed by atoms with Crippen molar-refractivity contribution in [3.63, 3.8) is 0 Å². The third kappa shape index (κ3) is 6.22. The molecule has 1 amide bonds. The van der Waals surface area contributed by atoms with E-state index >= 15 is 0 Å². The zero-order valence-electron chi connectivity index (χ0n) is 20.9. The van der Waals surface area contributed by atoms with Crippen LogP contribution in [0.5, 0.6) is 11.5 Å². The molecule has 5 rings (SSSR count). The van der Waals surface area contributed by atoms with Crippen LogP contribution in [-0.4, -0.2) is 18.0 Å². The van der Waals surface area contributed by atoms with Gasteiger partial charge in [-0.3, -0.25) is 4.79 Å². The summed E-state index contributed by atoms with van der Waals surface area (Å²) < 4.78 is 12.6. The second-order valence-corrected chi connectivity index (χ2v) is 10.2. The van der Waals surface area contributed by atoms with Crippen molar-refractivity contribution in [3.05, 3.63) is 113 Å². The topological polar surface area (TPSA) is 60.5 Å². The maximum Gasteiger partial charge on any atom is 0.248 e. The molecule has 1 heterocycles. The Balaban J connectivity index is 1.20. The fourth-order valence-corrected chi connectivity index (χ4v) is 5.05. The molecule has 38 heavy (non-hydrogen) atoms. The van der Waals surface area contributed by atoms with Gasteiger partial charge < -0.3 is 14.8 Å². The molecule has 5 nitrogen and oxygen atoms in total. The minimum Gasteiger partial charge on any atom is -0.493 e. The zero-order chi connectivity index (χ0) is 26.5. The third-order valence-electron chi connectivity index (χ3n) is 5.87. The maximum absolute atomic E-state index is 12.5. The number of amides is 1. The number of aromatic nitrogens is 1. The Morgan fingerprint density at radius 2 is 1.76 bits per heavy atom. The largest absolute Gasteiger partial charge is 0.493 e. The molecular formula is C31H25ClN2O3S. The van der Waals surface area contributed by atoms with Crippen LogP contribution in [0.1, 0.15) is 16.7 Å². The first kappa shape index (κ1) is 25.5. The van der Waals surface area contributed by atoms with Gasteiger partial charge in [0.15, 0.2) is 11.5 Å². The molecule has 0 spiro atoms. The number of hydrogen-bond donors (Lipinski definition) is 1. The van der Waals surface area contributed by atoms with Crippen LogP contribution in [0, 0.1) is 6.92 Å². The number of nitrogens with one attached hydrogen (secondary N) is 1. The number of aryl methyl sites for hydroxylation is 1. The lowest BCUT2D eigenvalue weighted by atomic mass is 10.1. The smallest absolute Gasteiger partial charge is 0.248 e. The Bertz CT molecular complexity index is 1610. The number of ether oxygens (including phenoxy) is 2. The molecule has 190 valence electrons. The van der Waals surface area contributed by atoms with Crippen LogP contribution in [-0.2, 0) is 11.4 Å². The predicted octanol–water partition coefficient (Wildman–Crippen LogP) is 8.16. The van der Waals surface area contributed by atoms with Gasteiger partial charge in [-0.05, 0) is 90.4 Å². The molecule has 0 radical (unpaired) electrons. The summed E-state index contributed by atoms with van der Waals surface area (Å²) in [7, 11) is 1.59. The quantitative estimate of drug-likeness (QED) is 0.202. The highest BCUT2D eigenvalue weighted by molar-refractivity contribution is 7.21. The summed E-state index contributed by atoms with van der Waals surface area (Å²) in [6.07, 6.45) is 3.23. The second-order valence-electron chi connectivity index (χ2n) is 8.72. The van der Waals surface area contributed by atoms with Gasteiger partial charge in [-0.2, -0.15) is 0 Å². The highest BCUT2D eigenvalue weighted by Crippen LogP contribution is 2.32. The van der Waals surface area contributed by atoms with Crippen LogP contribution < -0.4 is 14.8 Å². The standard InChI is InChI=1S/C31H25ClN2O3S/c1-20-3-14-26-29(17-20)38-31(34-26)23-8-12-25(13-9-23)33-30(35)16-7-21-6-15-27(28(18-21)36-2)37-19-22-4-10-24(32)11-5-22/h3-18H,19H2,1-2H3,(H,33,35). The highest BCUT2D eigenvalue weighted by atomic mass is 35.5. The number of carbonyl (C=O) groups excluding carboxylic acids is 1. The minimum atomic E-state index is -0.227. The third-order valence-corrected chi connectivity index (χ3v) is 7.18. The van der Waals surface area contributed by atoms with Crippen molar-refractivity contribution in [2.75, 3.05) is 12.4 Å². The van der Waals surface area contributed by atoms with E-state index in [1.54, 1.807) is 24.5 Å². The van der Waals surface area contributed by atoms with E-state index in [1.165, 1.54) is 16.3 Å². The van der Waals surface area contributed by atoms with E-state index in [-0.39, 0.29) is 5.91 Å². The normalized spacial score (nSPS) is 11.1. The monoisotopic (exact) mass is 540 g/mol. The van der Waals surface area contributed by atoms with E-state index in [2.05, 4.69) is 24.4 Å². The first-order chi connectivity index (χ1) is 18.5. The zero-order valence-corrected chi connectivity index (χ0v) is 22.5. The minimum absolute atomic E-state index is 0.227.